The molecule has 0 aliphatic carbocycles. The molecule has 0 unspecified atom stereocenters. The monoisotopic (exact) mass is 420 g/mol. The lowest BCUT2D eigenvalue weighted by atomic mass is 10.0. The minimum absolute atomic E-state index is 0.0258. The van der Waals surface area contributed by atoms with Gasteiger partial charge in [0.15, 0.2) is 6.29 Å². The van der Waals surface area contributed by atoms with Crippen LogP contribution in [-0.4, -0.2) is 96.1 Å². The number of aldehydes is 1. The van der Waals surface area contributed by atoms with E-state index in [9.17, 15) is 19.2 Å². The third kappa shape index (κ3) is 15.8. The lowest BCUT2D eigenvalue weighted by Gasteiger charge is -2.22. The predicted octanol–water partition coefficient (Wildman–Crippen LogP) is -2.52. The van der Waals surface area contributed by atoms with Gasteiger partial charge in [0.25, 0.3) is 0 Å². The maximum absolute atomic E-state index is 10.2. The molecule has 12 nitrogen and oxygen atoms in total. The van der Waals surface area contributed by atoms with Gasteiger partial charge in [-0.3, -0.25) is 14.4 Å². The molecular formula is C17H24O12. The van der Waals surface area contributed by atoms with Crippen molar-refractivity contribution in [1.82, 2.24) is 0 Å². The predicted molar refractivity (Wildman–Crippen MR) is 94.8 cm³/mol. The quantitative estimate of drug-likeness (QED) is 0.153. The fraction of sp³-hybridized carbons (Fsp3) is 0.412. The summed E-state index contributed by atoms with van der Waals surface area (Å²) in [4.78, 5) is 38.9. The third-order valence-corrected chi connectivity index (χ3v) is 2.92. The van der Waals surface area contributed by atoms with Gasteiger partial charge in [0, 0.05) is 0 Å². The Labute approximate surface area is 164 Å². The molecule has 29 heavy (non-hydrogen) atoms. The van der Waals surface area contributed by atoms with E-state index < -0.39 is 55.4 Å². The van der Waals surface area contributed by atoms with Gasteiger partial charge in [0.05, 0.1) is 13.0 Å². The topological polar surface area (TPSA) is 230 Å². The lowest BCUT2D eigenvalue weighted by molar-refractivity contribution is -0.147. The molecule has 0 heterocycles. The molecule has 0 aromatic heterocycles. The Balaban J connectivity index is 0. The van der Waals surface area contributed by atoms with E-state index >= 15 is 0 Å². The number of carboxylic acids is 3. The molecule has 8 N–H and O–H groups in total. The van der Waals surface area contributed by atoms with Crippen LogP contribution in [0.15, 0.2) is 30.3 Å². The fourth-order valence-corrected chi connectivity index (χ4v) is 1.52. The molecule has 164 valence electrons. The Hall–Kier alpha value is -2.90. The summed E-state index contributed by atoms with van der Waals surface area (Å²) < 4.78 is 0. The molecule has 0 amide bonds. The number of aliphatic carboxylic acids is 3. The van der Waals surface area contributed by atoms with E-state index in [1.165, 1.54) is 0 Å². The van der Waals surface area contributed by atoms with E-state index in [4.69, 9.17) is 40.9 Å². The van der Waals surface area contributed by atoms with E-state index in [2.05, 4.69) is 0 Å². The van der Waals surface area contributed by atoms with Gasteiger partial charge in [0.2, 0.25) is 0 Å². The summed E-state index contributed by atoms with van der Waals surface area (Å²) in [5, 5.41) is 67.3. The molecule has 0 bridgehead atoms. The minimum Gasteiger partial charge on any atom is -0.481 e. The molecule has 0 aliphatic rings. The van der Waals surface area contributed by atoms with E-state index in [1.54, 1.807) is 12.1 Å². The van der Waals surface area contributed by atoms with E-state index in [-0.39, 0.29) is 12.7 Å². The highest BCUT2D eigenvalue weighted by Crippen LogP contribution is 2.03. The molecule has 0 saturated carbocycles. The largest absolute Gasteiger partial charge is 0.481 e. The van der Waals surface area contributed by atoms with Crippen LogP contribution < -0.4 is 0 Å². The highest BCUT2D eigenvalue weighted by molar-refractivity contribution is 5.88. The molecule has 4 atom stereocenters. The average molecular weight is 420 g/mol. The number of carbonyl (C=O) groups is 4. The number of aliphatic hydroxyl groups excluding tert-OH is 5. The number of carbonyl (C=O) groups excluding carboxylic acids is 1. The second kappa shape index (κ2) is 16.1. The molecule has 0 radical (unpaired) electrons. The second-order valence-electron chi connectivity index (χ2n) is 5.38. The van der Waals surface area contributed by atoms with Crippen LogP contribution in [-0.2, 0) is 25.6 Å². The highest BCUT2D eigenvalue weighted by Gasteiger charge is 2.29. The van der Waals surface area contributed by atoms with Crippen molar-refractivity contribution in [3.8, 4) is 0 Å². The van der Waals surface area contributed by atoms with Gasteiger partial charge >= 0.3 is 17.9 Å². The lowest BCUT2D eigenvalue weighted by Crippen LogP contribution is -2.46. The van der Waals surface area contributed by atoms with Crippen LogP contribution in [0.1, 0.15) is 12.0 Å². The molecule has 0 fully saturated rings. The number of benzene rings is 1. The van der Waals surface area contributed by atoms with Crippen molar-refractivity contribution in [3.05, 3.63) is 35.9 Å². The van der Waals surface area contributed by atoms with Crippen LogP contribution >= 0.6 is 0 Å². The maximum Gasteiger partial charge on any atom is 0.314 e. The van der Waals surface area contributed by atoms with Crippen molar-refractivity contribution < 1.29 is 60.0 Å². The molecule has 0 aliphatic heterocycles. The SMILES string of the molecule is O=C(O)CC(=O)O.O=C(O)Cc1ccccc1.O=C[C@@H](O)[C@@H](O)[C@H](O)[C@H](O)CO. The van der Waals surface area contributed by atoms with Gasteiger partial charge in [-0.25, -0.2) is 0 Å². The zero-order chi connectivity index (χ0) is 23.0. The summed E-state index contributed by atoms with van der Waals surface area (Å²) in [6.45, 7) is -0.760. The van der Waals surface area contributed by atoms with Crippen molar-refractivity contribution in [2.45, 2.75) is 37.3 Å². The van der Waals surface area contributed by atoms with E-state index in [0.29, 0.717) is 0 Å². The summed E-state index contributed by atoms with van der Waals surface area (Å²) in [6.07, 6.45) is -7.53. The van der Waals surface area contributed by atoms with Crippen LogP contribution in [0.4, 0.5) is 0 Å². The molecule has 1 rings (SSSR count). The summed E-state index contributed by atoms with van der Waals surface area (Å²) in [6, 6.07) is 9.13. The van der Waals surface area contributed by atoms with Crippen LogP contribution in [0.5, 0.6) is 0 Å². The second-order valence-corrected chi connectivity index (χ2v) is 5.38. The number of aliphatic hydroxyl groups is 5. The average Bonchev–Trinajstić information content (AvgIpc) is 2.65. The maximum atomic E-state index is 10.2. The first-order valence-electron chi connectivity index (χ1n) is 7.93. The van der Waals surface area contributed by atoms with Crippen LogP contribution in [0.2, 0.25) is 0 Å². The summed E-state index contributed by atoms with van der Waals surface area (Å²) in [5.41, 5.74) is 0.843. The van der Waals surface area contributed by atoms with Gasteiger partial charge in [-0.05, 0) is 5.56 Å². The zero-order valence-corrected chi connectivity index (χ0v) is 15.1. The van der Waals surface area contributed by atoms with E-state index in [1.807, 2.05) is 18.2 Å². The molecule has 0 spiro atoms. The molecule has 0 saturated heterocycles. The molecular weight excluding hydrogens is 396 g/mol. The number of hydrogen-bond donors (Lipinski definition) is 8. The van der Waals surface area contributed by atoms with Crippen molar-refractivity contribution in [3.63, 3.8) is 0 Å². The number of rotatable bonds is 9. The Bertz CT molecular complexity index is 606. The molecule has 1 aromatic rings. The number of hydrogen-bond acceptors (Lipinski definition) is 9. The standard InChI is InChI=1S/C8H8O2.C6H12O6.C3H4O4/c9-8(10)6-7-4-2-1-3-5-7;7-1-3(9)5(11)6(12)4(10)2-8;4-2(5)1-3(6)7/h1-5H,6H2,(H,9,10);1,3-6,8-12H,2H2;1H2,(H,4,5)(H,6,7)/t;3-,4-,5-,6-;/m.1./s1. The summed E-state index contributed by atoms with van der Waals surface area (Å²) in [7, 11) is 0. The fourth-order valence-electron chi connectivity index (χ4n) is 1.52. The normalized spacial score (nSPS) is 13.8. The first-order chi connectivity index (χ1) is 13.5. The Morgan fingerprint density at radius 1 is 0.828 bits per heavy atom. The van der Waals surface area contributed by atoms with Gasteiger partial charge in [-0.2, -0.15) is 0 Å². The van der Waals surface area contributed by atoms with E-state index in [0.717, 1.165) is 5.56 Å². The van der Waals surface area contributed by atoms with Crippen molar-refractivity contribution >= 4 is 24.2 Å². The smallest absolute Gasteiger partial charge is 0.314 e. The van der Waals surface area contributed by atoms with Crippen LogP contribution in [0.3, 0.4) is 0 Å². The van der Waals surface area contributed by atoms with Gasteiger partial charge in [-0.15, -0.1) is 0 Å². The Morgan fingerprint density at radius 2 is 1.31 bits per heavy atom. The first kappa shape index (κ1) is 28.3. The van der Waals surface area contributed by atoms with Gasteiger partial charge in [-0.1, -0.05) is 30.3 Å². The summed E-state index contributed by atoms with van der Waals surface area (Å²) >= 11 is 0. The van der Waals surface area contributed by atoms with Crippen molar-refractivity contribution in [2.24, 2.45) is 0 Å². The highest BCUT2D eigenvalue weighted by atomic mass is 16.4. The summed E-state index contributed by atoms with van der Waals surface area (Å²) in [5.74, 6) is -3.41. The van der Waals surface area contributed by atoms with Crippen LogP contribution in [0.25, 0.3) is 0 Å². The van der Waals surface area contributed by atoms with Gasteiger partial charge < -0.3 is 45.6 Å². The Morgan fingerprint density at radius 3 is 1.62 bits per heavy atom. The van der Waals surface area contributed by atoms with Crippen molar-refractivity contribution in [1.29, 1.82) is 0 Å². The minimum atomic E-state index is -1.79. The zero-order valence-electron chi connectivity index (χ0n) is 15.1. The van der Waals surface area contributed by atoms with Crippen LogP contribution in [0, 0.1) is 0 Å². The molecule has 12 heteroatoms. The van der Waals surface area contributed by atoms with Gasteiger partial charge in [0.1, 0.15) is 30.8 Å². The first-order valence-corrected chi connectivity index (χ1v) is 7.93. The van der Waals surface area contributed by atoms with Crippen molar-refractivity contribution in [2.75, 3.05) is 6.61 Å². The third-order valence-electron chi connectivity index (χ3n) is 2.92. The number of carboxylic acid groups (broad SMARTS) is 3. The molecule has 1 aromatic carbocycles. The Kier molecular flexibility index (Phi) is 15.7.